The monoisotopic (exact) mass is 498 g/mol. The first-order chi connectivity index (χ1) is 17.0. The van der Waals surface area contributed by atoms with Crippen LogP contribution in [-0.2, 0) is 33.9 Å². The lowest BCUT2D eigenvalue weighted by Crippen LogP contribution is -2.35. The van der Waals surface area contributed by atoms with Gasteiger partial charge in [0.25, 0.3) is 0 Å². The average Bonchev–Trinajstić information content (AvgIpc) is 3.17. The van der Waals surface area contributed by atoms with E-state index in [0.29, 0.717) is 33.0 Å². The second-order valence-corrected chi connectivity index (χ2v) is 9.96. The van der Waals surface area contributed by atoms with Gasteiger partial charge in [0.2, 0.25) is 0 Å². The van der Waals surface area contributed by atoms with Gasteiger partial charge in [0.1, 0.15) is 6.61 Å². The molecule has 0 aliphatic heterocycles. The molecule has 1 aromatic heterocycles. The summed E-state index contributed by atoms with van der Waals surface area (Å²) in [6.07, 6.45) is 13.2. The van der Waals surface area contributed by atoms with Gasteiger partial charge in [0.05, 0.1) is 49.6 Å². The Morgan fingerprint density at radius 1 is 1.14 bits per heavy atom. The third-order valence-corrected chi connectivity index (χ3v) is 6.83. The van der Waals surface area contributed by atoms with E-state index in [2.05, 4.69) is 29.3 Å². The van der Waals surface area contributed by atoms with Gasteiger partial charge in [-0.1, -0.05) is 65.2 Å². The highest BCUT2D eigenvalue weighted by Gasteiger charge is 2.36. The molecule has 8 heteroatoms. The summed E-state index contributed by atoms with van der Waals surface area (Å²) in [4.78, 5) is 5.35. The maximum absolute atomic E-state index is 6.30. The van der Waals surface area contributed by atoms with Gasteiger partial charge < -0.3 is 14.3 Å². The Labute approximate surface area is 212 Å². The van der Waals surface area contributed by atoms with Crippen molar-refractivity contribution in [3.05, 3.63) is 70.0 Å². The highest BCUT2D eigenvalue weighted by atomic mass is 35.5. The highest BCUT2D eigenvalue weighted by Crippen LogP contribution is 2.38. The van der Waals surface area contributed by atoms with Crippen LogP contribution in [0.1, 0.15) is 62.4 Å². The molecule has 35 heavy (non-hydrogen) atoms. The molecule has 1 aromatic carbocycles. The van der Waals surface area contributed by atoms with Crippen LogP contribution in [0.15, 0.2) is 53.2 Å². The molecule has 0 amide bonds. The van der Waals surface area contributed by atoms with E-state index in [1.807, 2.05) is 47.2 Å². The van der Waals surface area contributed by atoms with Crippen molar-refractivity contribution in [1.82, 2.24) is 15.0 Å². The smallest absolute Gasteiger partial charge is 0.140 e. The molecular weight excluding hydrogens is 464 g/mol. The molecule has 0 saturated carbocycles. The molecule has 0 saturated heterocycles. The molecule has 2 aromatic rings. The molecule has 0 radical (unpaired) electrons. The maximum atomic E-state index is 6.30. The summed E-state index contributed by atoms with van der Waals surface area (Å²) in [7, 11) is 0. The molecule has 7 nitrogen and oxygen atoms in total. The lowest BCUT2D eigenvalue weighted by molar-refractivity contribution is -0.0636. The van der Waals surface area contributed by atoms with E-state index in [-0.39, 0.29) is 11.5 Å². The number of rotatable bonds is 12. The van der Waals surface area contributed by atoms with Gasteiger partial charge in [-0.05, 0) is 56.4 Å². The fourth-order valence-electron chi connectivity index (χ4n) is 4.49. The number of hydrogen-bond donors (Lipinski definition) is 0. The molecule has 1 atom stereocenters. The minimum atomic E-state index is -0.385. The first-order valence-electron chi connectivity index (χ1n) is 12.4. The van der Waals surface area contributed by atoms with Crippen molar-refractivity contribution in [3.63, 3.8) is 0 Å². The Bertz CT molecular complexity index is 1040. The molecule has 1 unspecified atom stereocenters. The third kappa shape index (κ3) is 7.26. The number of benzene rings is 1. The number of halogens is 1. The molecule has 0 fully saturated rings. The number of nitrogens with zero attached hydrogens (tertiary/aromatic N) is 4. The van der Waals surface area contributed by atoms with Crippen molar-refractivity contribution >= 4 is 17.8 Å². The predicted molar refractivity (Wildman–Crippen MR) is 138 cm³/mol. The van der Waals surface area contributed by atoms with E-state index in [9.17, 15) is 0 Å². The zero-order valence-corrected chi connectivity index (χ0v) is 21.4. The van der Waals surface area contributed by atoms with Crippen molar-refractivity contribution in [2.75, 3.05) is 19.8 Å². The fourth-order valence-corrected chi connectivity index (χ4v) is 4.62. The van der Waals surface area contributed by atoms with Crippen LogP contribution >= 0.6 is 11.6 Å². The molecule has 0 bridgehead atoms. The highest BCUT2D eigenvalue weighted by molar-refractivity contribution is 6.30. The summed E-state index contributed by atoms with van der Waals surface area (Å²) in [5, 5.41) is 13.9. The van der Waals surface area contributed by atoms with Crippen molar-refractivity contribution in [2.45, 2.75) is 70.6 Å². The SMILES string of the molecule is CC(C)(OCCO/N=C/C1=CC=C1)C1CCCCCc2c1nnn2CCOCc1ccc(Cl)cc1. The van der Waals surface area contributed by atoms with Crippen LogP contribution in [0.5, 0.6) is 0 Å². The Morgan fingerprint density at radius 3 is 2.74 bits per heavy atom. The van der Waals surface area contributed by atoms with E-state index in [4.69, 9.17) is 25.9 Å². The maximum Gasteiger partial charge on any atom is 0.140 e. The van der Waals surface area contributed by atoms with Crippen molar-refractivity contribution in [3.8, 4) is 0 Å². The van der Waals surface area contributed by atoms with Gasteiger partial charge in [-0.25, -0.2) is 4.68 Å². The van der Waals surface area contributed by atoms with Crippen molar-refractivity contribution in [1.29, 1.82) is 0 Å². The molecule has 2 aliphatic rings. The minimum absolute atomic E-state index is 0.176. The van der Waals surface area contributed by atoms with Gasteiger partial charge in [-0.3, -0.25) is 0 Å². The van der Waals surface area contributed by atoms with E-state index < -0.39 is 0 Å². The molecule has 0 N–H and O–H groups in total. The average molecular weight is 499 g/mol. The van der Waals surface area contributed by atoms with Crippen LogP contribution < -0.4 is 0 Å². The van der Waals surface area contributed by atoms with Gasteiger partial charge in [0.15, 0.2) is 0 Å². The Morgan fingerprint density at radius 2 is 1.97 bits per heavy atom. The van der Waals surface area contributed by atoms with Crippen LogP contribution in [0.3, 0.4) is 0 Å². The van der Waals surface area contributed by atoms with Crippen LogP contribution in [0.2, 0.25) is 5.02 Å². The summed E-state index contributed by atoms with van der Waals surface area (Å²) in [5.74, 6) is 0.176. The second kappa shape index (κ2) is 12.5. The number of oxime groups is 1. The van der Waals surface area contributed by atoms with Gasteiger partial charge in [0, 0.05) is 10.9 Å². The Hall–Kier alpha value is -2.48. The van der Waals surface area contributed by atoms with Crippen molar-refractivity contribution in [2.24, 2.45) is 5.16 Å². The quantitative estimate of drug-likeness (QED) is 0.215. The van der Waals surface area contributed by atoms with E-state index >= 15 is 0 Å². The van der Waals surface area contributed by atoms with Crippen LogP contribution in [-0.4, -0.2) is 46.6 Å². The molecule has 188 valence electrons. The summed E-state index contributed by atoms with van der Waals surface area (Å²) in [6.45, 7) is 6.98. The third-order valence-electron chi connectivity index (χ3n) is 6.58. The van der Waals surface area contributed by atoms with E-state index in [0.717, 1.165) is 47.5 Å². The zero-order chi connectivity index (χ0) is 24.5. The van der Waals surface area contributed by atoms with Gasteiger partial charge in [-0.2, -0.15) is 0 Å². The summed E-state index contributed by atoms with van der Waals surface area (Å²) in [6, 6.07) is 7.74. The number of hydrogen-bond acceptors (Lipinski definition) is 6. The Balaban J connectivity index is 1.31. The van der Waals surface area contributed by atoms with Crippen LogP contribution in [0, 0.1) is 0 Å². The predicted octanol–water partition coefficient (Wildman–Crippen LogP) is 5.64. The fraction of sp³-hybridized carbons (Fsp3) is 0.519. The summed E-state index contributed by atoms with van der Waals surface area (Å²) in [5.41, 5.74) is 4.06. The van der Waals surface area contributed by atoms with Crippen LogP contribution in [0.4, 0.5) is 0 Å². The molecule has 1 heterocycles. The number of allylic oxidation sites excluding steroid dienone is 4. The first-order valence-corrected chi connectivity index (χ1v) is 12.8. The topological polar surface area (TPSA) is 70.8 Å². The lowest BCUT2D eigenvalue weighted by Gasteiger charge is -2.34. The second-order valence-electron chi connectivity index (χ2n) is 9.52. The number of fused-ring (bicyclic) bond motifs is 1. The summed E-state index contributed by atoms with van der Waals surface area (Å²) >= 11 is 5.96. The molecule has 4 rings (SSSR count). The summed E-state index contributed by atoms with van der Waals surface area (Å²) < 4.78 is 14.2. The minimum Gasteiger partial charge on any atom is -0.393 e. The zero-order valence-electron chi connectivity index (χ0n) is 20.7. The van der Waals surface area contributed by atoms with E-state index in [1.165, 1.54) is 12.1 Å². The normalized spacial score (nSPS) is 18.0. The largest absolute Gasteiger partial charge is 0.393 e. The molecular formula is C27H35ClN4O3. The molecule has 2 aliphatic carbocycles. The molecule has 0 spiro atoms. The standard InChI is InChI=1S/C27H35ClN4O3/c1-27(2,34-17-18-35-29-19-21-7-6-8-21)24-9-4-3-5-10-25-26(24)30-31-32(25)15-16-33-20-22-11-13-23(28)14-12-22/h6-8,11-14,19,24H,3-5,9-10,15-18,20H2,1-2H3/b29-19+. The van der Waals surface area contributed by atoms with Gasteiger partial charge >= 0.3 is 0 Å². The van der Waals surface area contributed by atoms with Crippen molar-refractivity contribution < 1.29 is 14.3 Å². The van der Waals surface area contributed by atoms with Crippen LogP contribution in [0.25, 0.3) is 0 Å². The number of ether oxygens (including phenoxy) is 2. The van der Waals surface area contributed by atoms with E-state index in [1.54, 1.807) is 6.21 Å². The number of aromatic nitrogens is 3. The lowest BCUT2D eigenvalue weighted by atomic mass is 9.80. The first kappa shape index (κ1) is 25.6. The Kier molecular flexibility index (Phi) is 9.12. The van der Waals surface area contributed by atoms with Gasteiger partial charge in [-0.15, -0.1) is 5.10 Å².